The van der Waals surface area contributed by atoms with Gasteiger partial charge in [0.15, 0.2) is 11.5 Å². The van der Waals surface area contributed by atoms with Crippen LogP contribution in [0, 0.1) is 10.1 Å². The second kappa shape index (κ2) is 9.45. The maximum atomic E-state index is 12.9. The summed E-state index contributed by atoms with van der Waals surface area (Å²) in [6, 6.07) is 8.20. The lowest BCUT2D eigenvalue weighted by Gasteiger charge is -2.17. The predicted octanol–water partition coefficient (Wildman–Crippen LogP) is 3.26. The van der Waals surface area contributed by atoms with Gasteiger partial charge in [-0.2, -0.15) is 0 Å². The number of benzene rings is 2. The van der Waals surface area contributed by atoms with E-state index in [1.807, 2.05) is 12.1 Å². The van der Waals surface area contributed by atoms with Crippen molar-refractivity contribution in [2.75, 3.05) is 50.7 Å². The molecular weight excluding hydrogens is 390 g/mol. The van der Waals surface area contributed by atoms with Crippen LogP contribution in [0.3, 0.4) is 0 Å². The first-order valence-corrected chi connectivity index (χ1v) is 9.65. The number of amides is 1. The summed E-state index contributed by atoms with van der Waals surface area (Å²) in [6.45, 7) is 4.39. The first-order chi connectivity index (χ1) is 14.5. The second-order valence-corrected chi connectivity index (χ2v) is 6.75. The van der Waals surface area contributed by atoms with Crippen molar-refractivity contribution >= 4 is 23.0 Å². The zero-order valence-corrected chi connectivity index (χ0v) is 17.3. The molecule has 0 aromatic heterocycles. The van der Waals surface area contributed by atoms with Gasteiger partial charge >= 0.3 is 0 Å². The Kier molecular flexibility index (Phi) is 6.73. The van der Waals surface area contributed by atoms with Crippen LogP contribution < -0.4 is 19.7 Å². The van der Waals surface area contributed by atoms with Gasteiger partial charge in [0.05, 0.1) is 24.7 Å². The number of nitro groups is 1. The van der Waals surface area contributed by atoms with E-state index < -0.39 is 10.8 Å². The molecule has 0 aliphatic carbocycles. The molecule has 9 heteroatoms. The molecule has 0 saturated carbocycles. The van der Waals surface area contributed by atoms with Crippen molar-refractivity contribution in [2.24, 2.45) is 0 Å². The monoisotopic (exact) mass is 415 g/mol. The number of hydrogen-bond donors (Lipinski definition) is 1. The summed E-state index contributed by atoms with van der Waals surface area (Å²) in [5.74, 6) is -0.189. The average Bonchev–Trinajstić information content (AvgIpc) is 3.15. The Balaban J connectivity index is 1.89. The third-order valence-corrected chi connectivity index (χ3v) is 4.98. The molecule has 1 N–H and O–H groups in total. The zero-order chi connectivity index (χ0) is 21.7. The fourth-order valence-electron chi connectivity index (χ4n) is 3.44. The molecule has 0 saturated heterocycles. The molecule has 0 fully saturated rings. The van der Waals surface area contributed by atoms with Crippen molar-refractivity contribution in [3.05, 3.63) is 51.6 Å². The van der Waals surface area contributed by atoms with Gasteiger partial charge < -0.3 is 24.4 Å². The second-order valence-electron chi connectivity index (χ2n) is 6.75. The average molecular weight is 415 g/mol. The molecule has 0 bridgehead atoms. The number of nitro benzene ring substituents is 1. The largest absolute Gasteiger partial charge is 0.493 e. The van der Waals surface area contributed by atoms with E-state index in [0.29, 0.717) is 12.3 Å². The number of likely N-dealkylation sites (N-methyl/N-ethyl adjacent to an activating group) is 1. The van der Waals surface area contributed by atoms with Gasteiger partial charge in [-0.05, 0) is 31.0 Å². The highest BCUT2D eigenvalue weighted by Crippen LogP contribution is 2.36. The van der Waals surface area contributed by atoms with E-state index in [4.69, 9.17) is 14.2 Å². The first kappa shape index (κ1) is 21.4. The minimum absolute atomic E-state index is 0.108. The molecule has 0 unspecified atom stereocenters. The molecular formula is C21H25N3O6. The van der Waals surface area contributed by atoms with Crippen LogP contribution in [0.25, 0.3) is 0 Å². The highest BCUT2D eigenvalue weighted by atomic mass is 16.6. The van der Waals surface area contributed by atoms with Crippen molar-refractivity contribution in [3.8, 4) is 11.5 Å². The van der Waals surface area contributed by atoms with Crippen LogP contribution >= 0.6 is 0 Å². The van der Waals surface area contributed by atoms with Gasteiger partial charge in [-0.25, -0.2) is 0 Å². The lowest BCUT2D eigenvalue weighted by Crippen LogP contribution is -2.19. The van der Waals surface area contributed by atoms with Crippen molar-refractivity contribution in [3.63, 3.8) is 0 Å². The van der Waals surface area contributed by atoms with Gasteiger partial charge in [0.1, 0.15) is 12.2 Å². The molecule has 0 radical (unpaired) electrons. The summed E-state index contributed by atoms with van der Waals surface area (Å²) in [7, 11) is 2.93. The summed E-state index contributed by atoms with van der Waals surface area (Å²) in [4.78, 5) is 26.1. The minimum atomic E-state index is -0.612. The highest BCUT2D eigenvalue weighted by Gasteiger charge is 2.25. The molecule has 0 atom stereocenters. The highest BCUT2D eigenvalue weighted by molar-refractivity contribution is 6.07. The quantitative estimate of drug-likeness (QED) is 0.381. The summed E-state index contributed by atoms with van der Waals surface area (Å²) in [5, 5.41) is 14.4. The smallest absolute Gasteiger partial charge is 0.286 e. The summed E-state index contributed by atoms with van der Waals surface area (Å²) in [5.41, 5.74) is 2.40. The van der Waals surface area contributed by atoms with Crippen LogP contribution in [0.15, 0.2) is 30.3 Å². The Morgan fingerprint density at radius 2 is 2.00 bits per heavy atom. The number of nitrogens with zero attached hydrogens (tertiary/aromatic N) is 2. The molecule has 2 aromatic carbocycles. The number of nitrogens with one attached hydrogen (secondary N) is 1. The van der Waals surface area contributed by atoms with Crippen molar-refractivity contribution in [2.45, 2.75) is 13.3 Å². The van der Waals surface area contributed by atoms with E-state index in [0.717, 1.165) is 25.2 Å². The molecule has 2 aromatic rings. The van der Waals surface area contributed by atoms with Gasteiger partial charge in [-0.3, -0.25) is 14.9 Å². The first-order valence-electron chi connectivity index (χ1n) is 9.65. The van der Waals surface area contributed by atoms with E-state index in [1.54, 1.807) is 6.07 Å². The van der Waals surface area contributed by atoms with Gasteiger partial charge in [0, 0.05) is 37.6 Å². The fraction of sp³-hybridized carbons (Fsp3) is 0.381. The van der Waals surface area contributed by atoms with Crippen LogP contribution in [-0.4, -0.2) is 51.4 Å². The maximum absolute atomic E-state index is 12.9. The molecule has 0 spiro atoms. The molecule has 1 aliphatic rings. The molecule has 1 heterocycles. The number of fused-ring (bicyclic) bond motifs is 1. The summed E-state index contributed by atoms with van der Waals surface area (Å²) in [6.07, 6.45) is 0.963. The van der Waals surface area contributed by atoms with E-state index in [2.05, 4.69) is 17.1 Å². The maximum Gasteiger partial charge on any atom is 0.286 e. The predicted molar refractivity (Wildman–Crippen MR) is 113 cm³/mol. The standard InChI is InChI=1S/C21H25N3O6/c1-4-23-8-7-14-5-6-15(11-17(14)23)22-21(25)16-12-19(29-3)20(30-10-9-28-2)13-18(16)24(26)27/h5-6,11-13H,4,7-10H2,1-3H3,(H,22,25). The number of hydrogen-bond acceptors (Lipinski definition) is 7. The zero-order valence-electron chi connectivity index (χ0n) is 17.3. The van der Waals surface area contributed by atoms with E-state index in [-0.39, 0.29) is 29.4 Å². The molecule has 3 rings (SSSR count). The number of anilines is 2. The van der Waals surface area contributed by atoms with Gasteiger partial charge in [0.2, 0.25) is 0 Å². The van der Waals surface area contributed by atoms with E-state index in [9.17, 15) is 14.9 Å². The van der Waals surface area contributed by atoms with Crippen LogP contribution in [0.4, 0.5) is 17.1 Å². The minimum Gasteiger partial charge on any atom is -0.493 e. The Bertz CT molecular complexity index is 947. The molecule has 1 aliphatic heterocycles. The Labute approximate surface area is 174 Å². The normalized spacial score (nSPS) is 12.4. The molecule has 1 amide bonds. The number of rotatable bonds is 9. The van der Waals surface area contributed by atoms with Gasteiger partial charge in [0.25, 0.3) is 11.6 Å². The SMILES string of the molecule is CCN1CCc2ccc(NC(=O)c3cc(OC)c(OCCOC)cc3[N+](=O)[O-])cc21. The topological polar surface area (TPSA) is 103 Å². The number of ether oxygens (including phenoxy) is 3. The third-order valence-electron chi connectivity index (χ3n) is 4.98. The van der Waals surface area contributed by atoms with E-state index >= 15 is 0 Å². The van der Waals surface area contributed by atoms with E-state index in [1.165, 1.54) is 31.9 Å². The lowest BCUT2D eigenvalue weighted by molar-refractivity contribution is -0.385. The Hall–Kier alpha value is -3.33. The van der Waals surface area contributed by atoms with Crippen LogP contribution in [0.1, 0.15) is 22.8 Å². The summed E-state index contributed by atoms with van der Waals surface area (Å²) >= 11 is 0. The lowest BCUT2D eigenvalue weighted by atomic mass is 10.1. The van der Waals surface area contributed by atoms with Crippen molar-refractivity contribution in [1.82, 2.24) is 0 Å². The van der Waals surface area contributed by atoms with Gasteiger partial charge in [-0.1, -0.05) is 6.07 Å². The van der Waals surface area contributed by atoms with Crippen molar-refractivity contribution < 1.29 is 23.9 Å². The Morgan fingerprint density at radius 3 is 2.67 bits per heavy atom. The molecule has 9 nitrogen and oxygen atoms in total. The number of carbonyl (C=O) groups excluding carboxylic acids is 1. The van der Waals surface area contributed by atoms with Crippen molar-refractivity contribution in [1.29, 1.82) is 0 Å². The summed E-state index contributed by atoms with van der Waals surface area (Å²) < 4.78 is 15.7. The fourth-order valence-corrected chi connectivity index (χ4v) is 3.44. The third kappa shape index (κ3) is 4.46. The number of carbonyl (C=O) groups is 1. The van der Waals surface area contributed by atoms with Crippen LogP contribution in [0.5, 0.6) is 11.5 Å². The molecule has 30 heavy (non-hydrogen) atoms. The van der Waals surface area contributed by atoms with Crippen LogP contribution in [0.2, 0.25) is 0 Å². The Morgan fingerprint density at radius 1 is 1.20 bits per heavy atom. The van der Waals surface area contributed by atoms with Gasteiger partial charge in [-0.15, -0.1) is 0 Å². The molecule has 160 valence electrons. The number of methoxy groups -OCH3 is 2. The van der Waals surface area contributed by atoms with Crippen LogP contribution in [-0.2, 0) is 11.2 Å².